The molecule has 0 saturated carbocycles. The molecule has 0 unspecified atom stereocenters. The molecular formula is C22H23N3. The zero-order chi connectivity index (χ0) is 17.1. The highest BCUT2D eigenvalue weighted by atomic mass is 15.0. The number of nitrogens with one attached hydrogen (secondary N) is 1. The van der Waals surface area contributed by atoms with Crippen LogP contribution in [0.15, 0.2) is 54.6 Å². The summed E-state index contributed by atoms with van der Waals surface area (Å²) < 4.78 is 0. The van der Waals surface area contributed by atoms with E-state index in [1.807, 2.05) is 6.07 Å². The third-order valence-corrected chi connectivity index (χ3v) is 4.80. The molecule has 0 bridgehead atoms. The minimum atomic E-state index is 0.789. The Kier molecular flexibility index (Phi) is 4.47. The lowest BCUT2D eigenvalue weighted by Gasteiger charge is -2.20. The first-order valence-electron chi connectivity index (χ1n) is 9.04. The molecule has 1 aliphatic carbocycles. The summed E-state index contributed by atoms with van der Waals surface area (Å²) >= 11 is 0. The highest BCUT2D eigenvalue weighted by Gasteiger charge is 2.18. The van der Waals surface area contributed by atoms with Crippen LogP contribution in [0.2, 0.25) is 0 Å². The van der Waals surface area contributed by atoms with Gasteiger partial charge in [0.15, 0.2) is 5.82 Å². The van der Waals surface area contributed by atoms with Crippen LogP contribution < -0.4 is 5.32 Å². The molecule has 1 N–H and O–H groups in total. The zero-order valence-corrected chi connectivity index (χ0v) is 14.6. The normalized spacial score (nSPS) is 13.3. The third kappa shape index (κ3) is 3.55. The van der Waals surface area contributed by atoms with Gasteiger partial charge in [-0.2, -0.15) is 0 Å². The Morgan fingerprint density at radius 3 is 2.44 bits per heavy atom. The van der Waals surface area contributed by atoms with Gasteiger partial charge in [-0.1, -0.05) is 60.2 Å². The van der Waals surface area contributed by atoms with Crippen molar-refractivity contribution in [1.29, 1.82) is 0 Å². The topological polar surface area (TPSA) is 37.8 Å². The molecule has 0 atom stereocenters. The van der Waals surface area contributed by atoms with Crippen LogP contribution in [0.5, 0.6) is 0 Å². The van der Waals surface area contributed by atoms with Gasteiger partial charge < -0.3 is 5.32 Å². The van der Waals surface area contributed by atoms with Crippen LogP contribution in [0.4, 0.5) is 5.82 Å². The highest BCUT2D eigenvalue weighted by molar-refractivity contribution is 5.60. The summed E-state index contributed by atoms with van der Waals surface area (Å²) in [4.78, 5) is 9.76. The van der Waals surface area contributed by atoms with Gasteiger partial charge in [0.25, 0.3) is 0 Å². The zero-order valence-electron chi connectivity index (χ0n) is 14.6. The minimum absolute atomic E-state index is 0.789. The minimum Gasteiger partial charge on any atom is -0.366 e. The van der Waals surface area contributed by atoms with E-state index in [2.05, 4.69) is 60.8 Å². The van der Waals surface area contributed by atoms with E-state index in [1.165, 1.54) is 35.2 Å². The lowest BCUT2D eigenvalue weighted by Crippen LogP contribution is -2.13. The van der Waals surface area contributed by atoms with Crippen LogP contribution in [0.1, 0.15) is 35.2 Å². The van der Waals surface area contributed by atoms with Crippen LogP contribution in [0.3, 0.4) is 0 Å². The van der Waals surface area contributed by atoms with E-state index in [4.69, 9.17) is 9.97 Å². The number of hydrogen-bond acceptors (Lipinski definition) is 3. The summed E-state index contributed by atoms with van der Waals surface area (Å²) in [6, 6.07) is 18.9. The molecule has 0 amide bonds. The third-order valence-electron chi connectivity index (χ3n) is 4.80. The van der Waals surface area contributed by atoms with Crippen molar-refractivity contribution in [2.75, 3.05) is 5.32 Å². The summed E-state index contributed by atoms with van der Waals surface area (Å²) in [7, 11) is 0. The molecule has 0 saturated heterocycles. The van der Waals surface area contributed by atoms with Gasteiger partial charge in [0.1, 0.15) is 5.82 Å². The van der Waals surface area contributed by atoms with Crippen LogP contribution in [-0.4, -0.2) is 9.97 Å². The number of fused-ring (bicyclic) bond motifs is 1. The Balaban J connectivity index is 1.68. The van der Waals surface area contributed by atoms with Gasteiger partial charge in [-0.3, -0.25) is 0 Å². The second kappa shape index (κ2) is 7.06. The summed E-state index contributed by atoms with van der Waals surface area (Å²) in [5.41, 5.74) is 6.12. The summed E-state index contributed by atoms with van der Waals surface area (Å²) in [5, 5.41) is 3.56. The molecule has 25 heavy (non-hydrogen) atoms. The van der Waals surface area contributed by atoms with E-state index in [0.717, 1.165) is 36.6 Å². The Labute approximate surface area is 149 Å². The van der Waals surface area contributed by atoms with Gasteiger partial charge in [-0.05, 0) is 38.2 Å². The second-order valence-corrected chi connectivity index (χ2v) is 6.73. The first kappa shape index (κ1) is 15.8. The van der Waals surface area contributed by atoms with E-state index < -0.39 is 0 Å². The van der Waals surface area contributed by atoms with E-state index >= 15 is 0 Å². The Morgan fingerprint density at radius 2 is 1.64 bits per heavy atom. The number of aryl methyl sites for hydroxylation is 2. The number of nitrogens with zero attached hydrogens (tertiary/aromatic N) is 2. The summed E-state index contributed by atoms with van der Waals surface area (Å²) in [6.45, 7) is 2.89. The van der Waals surface area contributed by atoms with Gasteiger partial charge in [0.2, 0.25) is 0 Å². The highest BCUT2D eigenvalue weighted by Crippen LogP contribution is 2.29. The van der Waals surface area contributed by atoms with E-state index in [-0.39, 0.29) is 0 Å². The van der Waals surface area contributed by atoms with Gasteiger partial charge in [0.05, 0.1) is 0 Å². The predicted octanol–water partition coefficient (Wildman–Crippen LogP) is 4.94. The lowest BCUT2D eigenvalue weighted by molar-refractivity contribution is 0.664. The molecule has 3 aromatic rings. The molecule has 3 nitrogen and oxygen atoms in total. The van der Waals surface area contributed by atoms with Crippen molar-refractivity contribution in [3.8, 4) is 11.4 Å². The maximum atomic E-state index is 4.88. The molecule has 0 aliphatic heterocycles. The van der Waals surface area contributed by atoms with Crippen molar-refractivity contribution in [2.24, 2.45) is 0 Å². The van der Waals surface area contributed by atoms with Gasteiger partial charge >= 0.3 is 0 Å². The second-order valence-electron chi connectivity index (χ2n) is 6.73. The van der Waals surface area contributed by atoms with E-state index in [9.17, 15) is 0 Å². The van der Waals surface area contributed by atoms with Crippen LogP contribution in [0.25, 0.3) is 11.4 Å². The van der Waals surface area contributed by atoms with Crippen molar-refractivity contribution >= 4 is 5.82 Å². The molecule has 1 aromatic heterocycles. The molecular weight excluding hydrogens is 306 g/mol. The molecule has 126 valence electrons. The fraction of sp³-hybridized carbons (Fsp3) is 0.273. The number of aromatic nitrogens is 2. The van der Waals surface area contributed by atoms with Crippen LogP contribution in [0, 0.1) is 6.92 Å². The molecule has 2 aromatic carbocycles. The number of benzene rings is 2. The summed E-state index contributed by atoms with van der Waals surface area (Å²) in [5.74, 6) is 1.83. The van der Waals surface area contributed by atoms with Crippen molar-refractivity contribution in [3.63, 3.8) is 0 Å². The van der Waals surface area contributed by atoms with Crippen molar-refractivity contribution in [1.82, 2.24) is 9.97 Å². The molecule has 0 spiro atoms. The fourth-order valence-electron chi connectivity index (χ4n) is 3.35. The van der Waals surface area contributed by atoms with Crippen LogP contribution >= 0.6 is 0 Å². The quantitative estimate of drug-likeness (QED) is 0.736. The Hall–Kier alpha value is -2.68. The van der Waals surface area contributed by atoms with Crippen molar-refractivity contribution in [3.05, 3.63) is 77.0 Å². The maximum absolute atomic E-state index is 4.88. The van der Waals surface area contributed by atoms with Gasteiger partial charge in [0, 0.05) is 23.4 Å². The standard InChI is InChI=1S/C22H23N3/c1-16-11-13-18(14-12-16)21-24-20-10-6-5-9-19(20)22(25-21)23-15-17-7-3-2-4-8-17/h2-4,7-8,11-14H,5-6,9-10,15H2,1H3,(H,23,24,25). The smallest absolute Gasteiger partial charge is 0.161 e. The Bertz CT molecular complexity index is 854. The molecule has 1 aliphatic rings. The SMILES string of the molecule is Cc1ccc(-c2nc3c(c(NCc4ccccc4)n2)CCCC3)cc1. The number of anilines is 1. The Morgan fingerprint density at radius 1 is 0.880 bits per heavy atom. The molecule has 0 fully saturated rings. The molecule has 4 rings (SSSR count). The first-order valence-corrected chi connectivity index (χ1v) is 9.04. The largest absolute Gasteiger partial charge is 0.366 e. The number of hydrogen-bond donors (Lipinski definition) is 1. The van der Waals surface area contributed by atoms with E-state index in [0.29, 0.717) is 0 Å². The lowest BCUT2D eigenvalue weighted by atomic mass is 9.96. The summed E-state index contributed by atoms with van der Waals surface area (Å²) in [6.07, 6.45) is 4.56. The average molecular weight is 329 g/mol. The monoisotopic (exact) mass is 329 g/mol. The van der Waals surface area contributed by atoms with Crippen LogP contribution in [-0.2, 0) is 19.4 Å². The molecule has 1 heterocycles. The molecule has 0 radical (unpaired) electrons. The average Bonchev–Trinajstić information content (AvgIpc) is 2.67. The van der Waals surface area contributed by atoms with E-state index in [1.54, 1.807) is 0 Å². The fourth-order valence-corrected chi connectivity index (χ4v) is 3.35. The first-order chi connectivity index (χ1) is 12.3. The number of rotatable bonds is 4. The van der Waals surface area contributed by atoms with Crippen molar-refractivity contribution < 1.29 is 0 Å². The maximum Gasteiger partial charge on any atom is 0.161 e. The molecule has 3 heteroatoms. The van der Waals surface area contributed by atoms with Gasteiger partial charge in [-0.25, -0.2) is 9.97 Å². The van der Waals surface area contributed by atoms with Gasteiger partial charge in [-0.15, -0.1) is 0 Å². The predicted molar refractivity (Wildman–Crippen MR) is 103 cm³/mol. The van der Waals surface area contributed by atoms with Crippen molar-refractivity contribution in [2.45, 2.75) is 39.2 Å².